The molecule has 0 radical (unpaired) electrons. The van der Waals surface area contributed by atoms with Crippen molar-refractivity contribution in [1.29, 1.82) is 0 Å². The van der Waals surface area contributed by atoms with Crippen molar-refractivity contribution in [2.24, 2.45) is 0 Å². The number of carbonyl (C=O) groups excluding carboxylic acids is 1. The lowest BCUT2D eigenvalue weighted by molar-refractivity contribution is -0.314. The van der Waals surface area contributed by atoms with E-state index in [0.29, 0.717) is 5.56 Å². The molecule has 1 aromatic carbocycles. The molecule has 13 nitrogen and oxygen atoms in total. The lowest BCUT2D eigenvalue weighted by Crippen LogP contribution is -2.60. The maximum absolute atomic E-state index is 12.2. The third-order valence-electron chi connectivity index (χ3n) is 5.40. The van der Waals surface area contributed by atoms with Gasteiger partial charge in [-0.15, -0.1) is 0 Å². The summed E-state index contributed by atoms with van der Waals surface area (Å²) in [5, 5.41) is 69.1. The van der Waals surface area contributed by atoms with Crippen LogP contribution in [0, 0.1) is 0 Å². The van der Waals surface area contributed by atoms with Crippen LogP contribution in [0.25, 0.3) is 6.08 Å². The van der Waals surface area contributed by atoms with Crippen molar-refractivity contribution >= 4 is 12.0 Å². The van der Waals surface area contributed by atoms with Crippen molar-refractivity contribution in [2.45, 2.75) is 55.3 Å². The van der Waals surface area contributed by atoms with Crippen molar-refractivity contribution in [1.82, 2.24) is 0 Å². The average molecular weight is 488 g/mol. The molecule has 190 valence electrons. The summed E-state index contributed by atoms with van der Waals surface area (Å²) in [5.41, 5.74) is 0.497. The van der Waals surface area contributed by atoms with E-state index in [0.717, 1.165) is 6.08 Å². The van der Waals surface area contributed by atoms with Gasteiger partial charge in [0.15, 0.2) is 17.8 Å². The second-order valence-electron chi connectivity index (χ2n) is 7.80. The lowest BCUT2D eigenvalue weighted by atomic mass is 9.99. The second kappa shape index (κ2) is 11.4. The van der Waals surface area contributed by atoms with E-state index in [-0.39, 0.29) is 18.1 Å². The fourth-order valence-electron chi connectivity index (χ4n) is 3.38. The van der Waals surface area contributed by atoms with E-state index in [9.17, 15) is 40.5 Å². The number of aliphatic hydroxyl groups is 6. The van der Waals surface area contributed by atoms with Crippen molar-refractivity contribution in [3.63, 3.8) is 0 Å². The third kappa shape index (κ3) is 6.02. The molecule has 0 saturated carbocycles. The number of rotatable bonds is 7. The highest BCUT2D eigenvalue weighted by molar-refractivity contribution is 5.87. The third-order valence-corrected chi connectivity index (χ3v) is 5.40. The molecule has 0 aromatic heterocycles. The zero-order valence-electron chi connectivity index (χ0n) is 18.1. The van der Waals surface area contributed by atoms with Crippen molar-refractivity contribution in [2.75, 3.05) is 20.3 Å². The molecule has 2 fully saturated rings. The first-order chi connectivity index (χ1) is 16.1. The van der Waals surface area contributed by atoms with E-state index in [1.165, 1.54) is 31.4 Å². The Hall–Kier alpha value is -2.33. The summed E-state index contributed by atoms with van der Waals surface area (Å²) in [6.45, 7) is -0.787. The van der Waals surface area contributed by atoms with Gasteiger partial charge in [-0.1, -0.05) is 6.07 Å². The van der Waals surface area contributed by atoms with Crippen molar-refractivity contribution in [3.05, 3.63) is 29.8 Å². The Morgan fingerprint density at radius 2 is 1.74 bits per heavy atom. The maximum Gasteiger partial charge on any atom is 0.333 e. The number of ether oxygens (including phenoxy) is 5. The number of esters is 1. The quantitative estimate of drug-likeness (QED) is 0.153. The topological polar surface area (TPSA) is 205 Å². The van der Waals surface area contributed by atoms with E-state index in [4.69, 9.17) is 23.7 Å². The molecule has 0 amide bonds. The summed E-state index contributed by atoms with van der Waals surface area (Å²) in [4.78, 5) is 12.2. The lowest BCUT2D eigenvalue weighted by Gasteiger charge is -2.41. The standard InChI is InChI=1S/C21H28O13/c1-30-12-6-9(2-4-10(12)22)3-5-14(24)34-21-19(29)17(27)16(26)13(33-21)8-32-20-18(28)15(25)11(23)7-31-20/h2-6,11,13,15-23,25-29H,7-8H2,1H3/b5-3+/t11-,13-,15+,16-,17+,18-,19-,20+,21+/m1/s1. The zero-order valence-corrected chi connectivity index (χ0v) is 18.1. The first-order valence-electron chi connectivity index (χ1n) is 10.3. The summed E-state index contributed by atoms with van der Waals surface area (Å²) in [6.07, 6.45) is -11.5. The molecule has 3 rings (SSSR count). The van der Waals surface area contributed by atoms with Gasteiger partial charge in [0.25, 0.3) is 0 Å². The van der Waals surface area contributed by atoms with Crippen LogP contribution < -0.4 is 4.74 Å². The highest BCUT2D eigenvalue weighted by atomic mass is 16.7. The Kier molecular flexibility index (Phi) is 8.81. The number of carbonyl (C=O) groups is 1. The fourth-order valence-corrected chi connectivity index (χ4v) is 3.38. The summed E-state index contributed by atoms with van der Waals surface area (Å²) >= 11 is 0. The monoisotopic (exact) mass is 488 g/mol. The molecule has 9 atom stereocenters. The van der Waals surface area contributed by atoms with Crippen LogP contribution in [-0.2, 0) is 23.7 Å². The molecule has 0 spiro atoms. The molecule has 7 N–H and O–H groups in total. The van der Waals surface area contributed by atoms with Gasteiger partial charge in [0.1, 0.15) is 42.7 Å². The van der Waals surface area contributed by atoms with Crippen LogP contribution in [0.4, 0.5) is 0 Å². The highest BCUT2D eigenvalue weighted by Gasteiger charge is 2.46. The minimum atomic E-state index is -1.77. The smallest absolute Gasteiger partial charge is 0.333 e. The number of hydrogen-bond donors (Lipinski definition) is 7. The Balaban J connectivity index is 1.59. The van der Waals surface area contributed by atoms with Crippen LogP contribution in [-0.4, -0.2) is 117 Å². The van der Waals surface area contributed by atoms with Crippen LogP contribution in [0.1, 0.15) is 5.56 Å². The largest absolute Gasteiger partial charge is 0.504 e. The number of phenols is 1. The molecule has 13 heteroatoms. The van der Waals surface area contributed by atoms with Crippen molar-refractivity contribution in [3.8, 4) is 11.5 Å². The van der Waals surface area contributed by atoms with Gasteiger partial charge in [0.05, 0.1) is 20.3 Å². The van der Waals surface area contributed by atoms with Gasteiger partial charge in [-0.3, -0.25) is 0 Å². The van der Waals surface area contributed by atoms with Gasteiger partial charge in [-0.25, -0.2) is 4.79 Å². The molecule has 0 bridgehead atoms. The Labute approximate surface area is 193 Å². The number of phenolic OH excluding ortho intramolecular Hbond substituents is 1. The Bertz CT molecular complexity index is 861. The van der Waals surface area contributed by atoms with Gasteiger partial charge in [0.2, 0.25) is 6.29 Å². The van der Waals surface area contributed by atoms with Crippen LogP contribution in [0.5, 0.6) is 11.5 Å². The SMILES string of the molecule is COc1cc(/C=C/C(=O)O[C@@H]2O[C@H](CO[C@@H]3OC[C@@H](O)[C@H](O)[C@H]3O)[C@@H](O)[C@H](O)[C@H]2O)ccc1O. The minimum Gasteiger partial charge on any atom is -0.504 e. The number of aromatic hydroxyl groups is 1. The normalized spacial score (nSPS) is 36.4. The number of methoxy groups -OCH3 is 1. The van der Waals surface area contributed by atoms with Gasteiger partial charge < -0.3 is 59.4 Å². The van der Waals surface area contributed by atoms with Crippen LogP contribution >= 0.6 is 0 Å². The molecule has 2 aliphatic heterocycles. The number of hydrogen-bond acceptors (Lipinski definition) is 13. The number of aliphatic hydroxyl groups excluding tert-OH is 6. The summed E-state index contributed by atoms with van der Waals surface area (Å²) in [5.74, 6) is -0.836. The Morgan fingerprint density at radius 3 is 2.44 bits per heavy atom. The van der Waals surface area contributed by atoms with Crippen LogP contribution in [0.2, 0.25) is 0 Å². The zero-order chi connectivity index (χ0) is 25.0. The van der Waals surface area contributed by atoms with Crippen molar-refractivity contribution < 1.29 is 64.2 Å². The summed E-state index contributed by atoms with van der Waals surface area (Å²) < 4.78 is 25.8. The highest BCUT2D eigenvalue weighted by Crippen LogP contribution is 2.27. The van der Waals surface area contributed by atoms with E-state index in [1.54, 1.807) is 0 Å². The first-order valence-corrected chi connectivity index (χ1v) is 10.3. The molecule has 2 saturated heterocycles. The summed E-state index contributed by atoms with van der Waals surface area (Å²) in [6, 6.07) is 4.35. The minimum absolute atomic E-state index is 0.0846. The van der Waals surface area contributed by atoms with Crippen LogP contribution in [0.15, 0.2) is 24.3 Å². The van der Waals surface area contributed by atoms with E-state index in [1.807, 2.05) is 0 Å². The predicted octanol–water partition coefficient (Wildman–Crippen LogP) is -2.78. The predicted molar refractivity (Wildman–Crippen MR) is 110 cm³/mol. The molecule has 0 aliphatic carbocycles. The average Bonchev–Trinajstić information content (AvgIpc) is 2.82. The van der Waals surface area contributed by atoms with Gasteiger partial charge in [-0.05, 0) is 23.8 Å². The molecule has 1 aromatic rings. The summed E-state index contributed by atoms with van der Waals surface area (Å²) in [7, 11) is 1.37. The van der Waals surface area contributed by atoms with E-state index >= 15 is 0 Å². The molecule has 2 heterocycles. The molecular weight excluding hydrogens is 460 g/mol. The fraction of sp³-hybridized carbons (Fsp3) is 0.571. The molecule has 2 aliphatic rings. The van der Waals surface area contributed by atoms with Gasteiger partial charge >= 0.3 is 5.97 Å². The molecular formula is C21H28O13. The van der Waals surface area contributed by atoms with Crippen LogP contribution in [0.3, 0.4) is 0 Å². The number of benzene rings is 1. The van der Waals surface area contributed by atoms with E-state index < -0.39 is 67.9 Å². The van der Waals surface area contributed by atoms with Gasteiger partial charge in [0, 0.05) is 6.08 Å². The van der Waals surface area contributed by atoms with E-state index in [2.05, 4.69) is 0 Å². The maximum atomic E-state index is 12.2. The van der Waals surface area contributed by atoms with Gasteiger partial charge in [-0.2, -0.15) is 0 Å². The Morgan fingerprint density at radius 1 is 1.03 bits per heavy atom. The molecule has 34 heavy (non-hydrogen) atoms. The molecule has 0 unspecified atom stereocenters. The first kappa shape index (κ1) is 26.3. The second-order valence-corrected chi connectivity index (χ2v) is 7.80.